The fourth-order valence-corrected chi connectivity index (χ4v) is 5.59. The average molecular weight is 459 g/mol. The van der Waals surface area contributed by atoms with Crippen molar-refractivity contribution in [3.05, 3.63) is 41.0 Å². The van der Waals surface area contributed by atoms with Crippen LogP contribution < -0.4 is 10.6 Å². The number of carbonyl (C=O) groups is 2. The summed E-state index contributed by atoms with van der Waals surface area (Å²) in [7, 11) is -0.559. The molecule has 1 aromatic carbocycles. The molecule has 0 unspecified atom stereocenters. The van der Waals surface area contributed by atoms with Gasteiger partial charge in [-0.05, 0) is 38.1 Å². The van der Waals surface area contributed by atoms with E-state index >= 15 is 0 Å². The first-order valence-corrected chi connectivity index (χ1v) is 11.8. The molecule has 0 saturated carbocycles. The maximum Gasteiger partial charge on any atom is 0.273 e. The Morgan fingerprint density at radius 1 is 1.22 bits per heavy atom. The lowest BCUT2D eigenvalue weighted by molar-refractivity contribution is -0.110. The molecule has 2 amide bonds. The number of imidazole rings is 1. The van der Waals surface area contributed by atoms with E-state index in [1.54, 1.807) is 33.2 Å². The molecule has 0 aliphatic carbocycles. The first kappa shape index (κ1) is 22.2. The number of nitrogens with one attached hydrogen (secondary N) is 3. The summed E-state index contributed by atoms with van der Waals surface area (Å²) < 4.78 is 28.4. The topological polar surface area (TPSA) is 127 Å². The lowest BCUT2D eigenvalue weighted by Crippen LogP contribution is -2.34. The van der Waals surface area contributed by atoms with Gasteiger partial charge in [0.05, 0.1) is 16.2 Å². The zero-order valence-corrected chi connectivity index (χ0v) is 19.0. The van der Waals surface area contributed by atoms with Crippen LogP contribution in [-0.2, 0) is 14.8 Å². The minimum atomic E-state index is -3.82. The largest absolute Gasteiger partial charge is 0.343 e. The summed E-state index contributed by atoms with van der Waals surface area (Å²) >= 11 is 0. The second-order valence-electron chi connectivity index (χ2n) is 7.99. The van der Waals surface area contributed by atoms with Crippen molar-refractivity contribution in [1.82, 2.24) is 24.5 Å². The molecule has 4 rings (SSSR count). The number of hydrogen-bond acceptors (Lipinski definition) is 6. The van der Waals surface area contributed by atoms with E-state index in [0.717, 1.165) is 6.54 Å². The lowest BCUT2D eigenvalue weighted by Gasteiger charge is -2.21. The van der Waals surface area contributed by atoms with Crippen LogP contribution in [0.4, 0.5) is 5.69 Å². The van der Waals surface area contributed by atoms with Gasteiger partial charge in [-0.1, -0.05) is 6.07 Å². The Labute approximate surface area is 186 Å². The number of benzene rings is 1. The highest BCUT2D eigenvalue weighted by Gasteiger charge is 2.35. The number of aryl methyl sites for hydroxylation is 1. The third-order valence-corrected chi connectivity index (χ3v) is 7.44. The highest BCUT2D eigenvalue weighted by Crippen LogP contribution is 2.38. The van der Waals surface area contributed by atoms with E-state index in [9.17, 15) is 18.0 Å². The molecule has 2 aliphatic rings. The minimum absolute atomic E-state index is 0.0781. The molecule has 0 bridgehead atoms. The van der Waals surface area contributed by atoms with Gasteiger partial charge < -0.3 is 20.5 Å². The molecular weight excluding hydrogens is 432 g/mol. The third kappa shape index (κ3) is 3.94. The highest BCUT2D eigenvalue weighted by atomic mass is 32.2. The molecule has 32 heavy (non-hydrogen) atoms. The van der Waals surface area contributed by atoms with Crippen LogP contribution in [-0.4, -0.2) is 79.7 Å². The standard InChI is InChI=1S/C21H26N6O4S/c1-13-19(21(29)26(2)3)25-17(23-13)12-14-18-15(24-20(14)28)6-4-7-16(18)32(30,31)27-10-5-8-22-9-11-27/h4,6-7,12,22H,5,8-11H2,1-3H3,(H,23,25)(H,24,28). The quantitative estimate of drug-likeness (QED) is 0.584. The molecule has 1 saturated heterocycles. The summed E-state index contributed by atoms with van der Waals surface area (Å²) in [4.78, 5) is 33.9. The first-order chi connectivity index (χ1) is 15.2. The Kier molecular flexibility index (Phi) is 5.89. The average Bonchev–Trinajstić information content (AvgIpc) is 3.12. The van der Waals surface area contributed by atoms with Crippen LogP contribution in [0.25, 0.3) is 11.6 Å². The van der Waals surface area contributed by atoms with Crippen LogP contribution in [0.1, 0.15) is 34.0 Å². The fraction of sp³-hybridized carbons (Fsp3) is 0.381. The summed E-state index contributed by atoms with van der Waals surface area (Å²) in [5, 5.41) is 5.94. The van der Waals surface area contributed by atoms with Crippen molar-refractivity contribution in [3.8, 4) is 0 Å². The van der Waals surface area contributed by atoms with Gasteiger partial charge in [0.1, 0.15) is 11.5 Å². The molecule has 2 aromatic rings. The number of fused-ring (bicyclic) bond motifs is 1. The molecule has 0 atom stereocenters. The molecule has 1 fully saturated rings. The molecule has 3 heterocycles. The van der Waals surface area contributed by atoms with Crippen molar-refractivity contribution < 1.29 is 18.0 Å². The predicted molar refractivity (Wildman–Crippen MR) is 121 cm³/mol. The van der Waals surface area contributed by atoms with Crippen molar-refractivity contribution in [2.24, 2.45) is 0 Å². The molecule has 0 spiro atoms. The molecule has 10 nitrogen and oxygen atoms in total. The number of anilines is 1. The normalized spacial score (nSPS) is 18.3. The third-order valence-electron chi connectivity index (χ3n) is 5.50. The van der Waals surface area contributed by atoms with E-state index in [1.807, 2.05) is 0 Å². The van der Waals surface area contributed by atoms with Gasteiger partial charge in [-0.3, -0.25) is 9.59 Å². The van der Waals surface area contributed by atoms with Gasteiger partial charge >= 0.3 is 0 Å². The van der Waals surface area contributed by atoms with Gasteiger partial charge in [0.2, 0.25) is 10.0 Å². The number of amides is 2. The molecule has 0 radical (unpaired) electrons. The Balaban J connectivity index is 1.79. The summed E-state index contributed by atoms with van der Waals surface area (Å²) in [6.45, 7) is 3.82. The van der Waals surface area contributed by atoms with Crippen molar-refractivity contribution >= 4 is 39.2 Å². The van der Waals surface area contributed by atoms with Crippen molar-refractivity contribution in [2.45, 2.75) is 18.2 Å². The monoisotopic (exact) mass is 458 g/mol. The number of hydrogen-bond donors (Lipinski definition) is 3. The molecule has 11 heteroatoms. The Morgan fingerprint density at radius 3 is 2.75 bits per heavy atom. The summed E-state index contributed by atoms with van der Waals surface area (Å²) in [5.41, 5.74) is 1.75. The van der Waals surface area contributed by atoms with Crippen LogP contribution in [0.2, 0.25) is 0 Å². The first-order valence-electron chi connectivity index (χ1n) is 10.4. The van der Waals surface area contributed by atoms with E-state index in [1.165, 1.54) is 21.3 Å². The number of carbonyl (C=O) groups excluding carboxylic acids is 2. The van der Waals surface area contributed by atoms with Gasteiger partial charge in [0.15, 0.2) is 0 Å². The molecular formula is C21H26N6O4S. The molecule has 1 aromatic heterocycles. The van der Waals surface area contributed by atoms with Crippen LogP contribution in [0.15, 0.2) is 23.1 Å². The number of aromatic nitrogens is 2. The summed E-state index contributed by atoms with van der Waals surface area (Å²) in [6, 6.07) is 4.82. The number of nitrogens with zero attached hydrogens (tertiary/aromatic N) is 3. The minimum Gasteiger partial charge on any atom is -0.343 e. The van der Waals surface area contributed by atoms with Crippen LogP contribution >= 0.6 is 0 Å². The van der Waals surface area contributed by atoms with E-state index in [0.29, 0.717) is 48.8 Å². The number of H-pyrrole nitrogens is 1. The van der Waals surface area contributed by atoms with Gasteiger partial charge in [-0.25, -0.2) is 13.4 Å². The maximum absolute atomic E-state index is 13.5. The molecule has 3 N–H and O–H groups in total. The van der Waals surface area contributed by atoms with Crippen LogP contribution in [0, 0.1) is 6.92 Å². The van der Waals surface area contributed by atoms with Gasteiger partial charge in [-0.15, -0.1) is 0 Å². The fourth-order valence-electron chi connectivity index (χ4n) is 3.88. The predicted octanol–water partition coefficient (Wildman–Crippen LogP) is 0.897. The van der Waals surface area contributed by atoms with E-state index in [-0.39, 0.29) is 22.1 Å². The number of sulfonamides is 1. The number of aromatic amines is 1. The van der Waals surface area contributed by atoms with Gasteiger partial charge in [0, 0.05) is 45.0 Å². The van der Waals surface area contributed by atoms with Crippen LogP contribution in [0.5, 0.6) is 0 Å². The van der Waals surface area contributed by atoms with E-state index in [4.69, 9.17) is 0 Å². The summed E-state index contributed by atoms with van der Waals surface area (Å²) in [6.07, 6.45) is 2.20. The Morgan fingerprint density at radius 2 is 2.00 bits per heavy atom. The van der Waals surface area contributed by atoms with Crippen LogP contribution in [0.3, 0.4) is 0 Å². The highest BCUT2D eigenvalue weighted by molar-refractivity contribution is 7.89. The van der Waals surface area contributed by atoms with E-state index < -0.39 is 15.9 Å². The van der Waals surface area contributed by atoms with Crippen molar-refractivity contribution in [1.29, 1.82) is 0 Å². The van der Waals surface area contributed by atoms with Crippen molar-refractivity contribution in [2.75, 3.05) is 45.6 Å². The molecule has 2 aliphatic heterocycles. The van der Waals surface area contributed by atoms with Gasteiger partial charge in [-0.2, -0.15) is 4.31 Å². The Hall–Kier alpha value is -3.02. The van der Waals surface area contributed by atoms with Crippen molar-refractivity contribution in [3.63, 3.8) is 0 Å². The van der Waals surface area contributed by atoms with Gasteiger partial charge in [0.25, 0.3) is 11.8 Å². The zero-order chi connectivity index (χ0) is 23.0. The molecule has 170 valence electrons. The smallest absolute Gasteiger partial charge is 0.273 e. The second kappa shape index (κ2) is 8.49. The maximum atomic E-state index is 13.5. The zero-order valence-electron chi connectivity index (χ0n) is 18.2. The van der Waals surface area contributed by atoms with E-state index in [2.05, 4.69) is 20.6 Å². The lowest BCUT2D eigenvalue weighted by atomic mass is 10.1. The number of rotatable bonds is 4. The SMILES string of the molecule is Cc1[nH]c(C=C2C(=O)Nc3cccc(S(=O)(=O)N4CCCNCC4)c32)nc1C(=O)N(C)C. The Bertz CT molecular complexity index is 1210. The second-order valence-corrected chi connectivity index (χ2v) is 9.90. The summed E-state index contributed by atoms with van der Waals surface area (Å²) in [5.74, 6) is -0.385.